The van der Waals surface area contributed by atoms with E-state index >= 15 is 0 Å². The van der Waals surface area contributed by atoms with Crippen molar-refractivity contribution >= 4 is 17.2 Å². The largest absolute Gasteiger partial charge is 0.367 e. The van der Waals surface area contributed by atoms with Crippen LogP contribution in [-0.4, -0.2) is 66.2 Å². The maximum absolute atomic E-state index is 13.0. The van der Waals surface area contributed by atoms with Crippen molar-refractivity contribution in [2.24, 2.45) is 0 Å². The zero-order chi connectivity index (χ0) is 21.0. The van der Waals surface area contributed by atoms with Gasteiger partial charge in [0.1, 0.15) is 11.3 Å². The number of fused-ring (bicyclic) bond motifs is 1. The van der Waals surface area contributed by atoms with Crippen LogP contribution >= 0.6 is 0 Å². The Hall–Kier alpha value is -3.13. The summed E-state index contributed by atoms with van der Waals surface area (Å²) >= 11 is 0. The number of nitrogens with one attached hydrogen (secondary N) is 2. The van der Waals surface area contributed by atoms with Gasteiger partial charge in [-0.1, -0.05) is 30.3 Å². The molecule has 0 saturated heterocycles. The first-order valence-electron chi connectivity index (χ1n) is 9.67. The van der Waals surface area contributed by atoms with E-state index < -0.39 is 0 Å². The third-order valence-corrected chi connectivity index (χ3v) is 4.86. The number of carbonyl (C=O) groups excluding carboxylic acids is 1. The maximum atomic E-state index is 13.0. The number of hydrogen-bond acceptors (Lipinski definition) is 5. The molecule has 0 bridgehead atoms. The second kappa shape index (κ2) is 8.91. The zero-order valence-electron chi connectivity index (χ0n) is 17.4. The molecule has 0 aliphatic heterocycles. The standard InChI is InChI=1S/C21H28N6O2/c1-15-18(26(4)13-12-25(2)3)21(29)27-19(24-15)17(14-23-27)20(28)22-11-10-16-8-6-5-7-9-16/h5-9,14,23H,10-13H2,1-4H3,(H,22,28). The van der Waals surface area contributed by atoms with Gasteiger partial charge >= 0.3 is 0 Å². The normalized spacial score (nSPS) is 11.2. The molecule has 154 valence electrons. The van der Waals surface area contributed by atoms with E-state index in [2.05, 4.69) is 20.3 Å². The van der Waals surface area contributed by atoms with Crippen molar-refractivity contribution in [2.45, 2.75) is 13.3 Å². The maximum Gasteiger partial charge on any atom is 0.296 e. The van der Waals surface area contributed by atoms with Gasteiger partial charge in [-0.3, -0.25) is 14.7 Å². The summed E-state index contributed by atoms with van der Waals surface area (Å²) in [6, 6.07) is 9.96. The number of carbonyl (C=O) groups is 1. The number of nitrogens with zero attached hydrogens (tertiary/aromatic N) is 4. The summed E-state index contributed by atoms with van der Waals surface area (Å²) in [6.07, 6.45) is 2.27. The summed E-state index contributed by atoms with van der Waals surface area (Å²) in [5, 5.41) is 5.78. The Morgan fingerprint density at radius 2 is 1.90 bits per heavy atom. The minimum absolute atomic E-state index is 0.211. The predicted molar refractivity (Wildman–Crippen MR) is 115 cm³/mol. The average Bonchev–Trinajstić information content (AvgIpc) is 3.11. The lowest BCUT2D eigenvalue weighted by molar-refractivity contribution is 0.0955. The van der Waals surface area contributed by atoms with Gasteiger partial charge in [-0.15, -0.1) is 0 Å². The average molecular weight is 396 g/mol. The molecule has 8 nitrogen and oxygen atoms in total. The van der Waals surface area contributed by atoms with Crippen LogP contribution in [0.15, 0.2) is 41.3 Å². The van der Waals surface area contributed by atoms with E-state index in [0.717, 1.165) is 18.5 Å². The summed E-state index contributed by atoms with van der Waals surface area (Å²) in [6.45, 7) is 3.82. The molecule has 29 heavy (non-hydrogen) atoms. The van der Waals surface area contributed by atoms with Crippen LogP contribution in [0.4, 0.5) is 5.69 Å². The molecule has 3 rings (SSSR count). The van der Waals surface area contributed by atoms with E-state index in [4.69, 9.17) is 0 Å². The number of hydrogen-bond donors (Lipinski definition) is 2. The SMILES string of the molecule is Cc1nc2c(C(=O)NCCc3ccccc3)c[nH]n2c(=O)c1N(C)CCN(C)C. The lowest BCUT2D eigenvalue weighted by atomic mass is 10.1. The van der Waals surface area contributed by atoms with Crippen LogP contribution in [0.2, 0.25) is 0 Å². The summed E-state index contributed by atoms with van der Waals surface area (Å²) in [4.78, 5) is 34.1. The molecule has 2 N–H and O–H groups in total. The highest BCUT2D eigenvalue weighted by Gasteiger charge is 2.19. The zero-order valence-corrected chi connectivity index (χ0v) is 17.4. The third-order valence-electron chi connectivity index (χ3n) is 4.86. The van der Waals surface area contributed by atoms with Crippen LogP contribution < -0.4 is 15.8 Å². The smallest absolute Gasteiger partial charge is 0.296 e. The van der Waals surface area contributed by atoms with Gasteiger partial charge in [0.25, 0.3) is 11.5 Å². The number of likely N-dealkylation sites (N-methyl/N-ethyl adjacent to an activating group) is 2. The highest BCUT2D eigenvalue weighted by Crippen LogP contribution is 2.15. The van der Waals surface area contributed by atoms with Crippen LogP contribution in [0, 0.1) is 6.92 Å². The van der Waals surface area contributed by atoms with E-state index in [9.17, 15) is 9.59 Å². The van der Waals surface area contributed by atoms with Crippen LogP contribution in [0.3, 0.4) is 0 Å². The van der Waals surface area contributed by atoms with Crippen molar-refractivity contribution < 1.29 is 4.79 Å². The van der Waals surface area contributed by atoms with Crippen LogP contribution in [-0.2, 0) is 6.42 Å². The van der Waals surface area contributed by atoms with Crippen molar-refractivity contribution in [1.82, 2.24) is 24.8 Å². The van der Waals surface area contributed by atoms with Gasteiger partial charge in [0.2, 0.25) is 0 Å². The molecule has 1 aromatic carbocycles. The van der Waals surface area contributed by atoms with Crippen LogP contribution in [0.5, 0.6) is 0 Å². The Labute approximate surface area is 170 Å². The van der Waals surface area contributed by atoms with Crippen molar-refractivity contribution in [3.8, 4) is 0 Å². The van der Waals surface area contributed by atoms with Crippen LogP contribution in [0.25, 0.3) is 5.65 Å². The molecule has 0 spiro atoms. The molecule has 0 atom stereocenters. The number of aromatic nitrogens is 3. The summed E-state index contributed by atoms with van der Waals surface area (Å²) in [7, 11) is 5.85. The Kier molecular flexibility index (Phi) is 6.33. The number of benzene rings is 1. The molecule has 0 aliphatic rings. The monoisotopic (exact) mass is 396 g/mol. The first-order valence-corrected chi connectivity index (χ1v) is 9.67. The second-order valence-electron chi connectivity index (χ2n) is 7.41. The summed E-state index contributed by atoms with van der Waals surface area (Å²) in [5.74, 6) is -0.250. The topological polar surface area (TPSA) is 85.7 Å². The molecule has 0 saturated carbocycles. The lowest BCUT2D eigenvalue weighted by Gasteiger charge is -2.22. The Balaban J connectivity index is 1.78. The van der Waals surface area contributed by atoms with Crippen molar-refractivity contribution in [1.29, 1.82) is 0 Å². The van der Waals surface area contributed by atoms with E-state index in [1.807, 2.05) is 56.4 Å². The van der Waals surface area contributed by atoms with E-state index in [1.165, 1.54) is 10.7 Å². The lowest BCUT2D eigenvalue weighted by Crippen LogP contribution is -2.34. The summed E-state index contributed by atoms with van der Waals surface area (Å²) in [5.41, 5.74) is 2.78. The molecule has 8 heteroatoms. The van der Waals surface area contributed by atoms with Gasteiger partial charge in [0, 0.05) is 32.9 Å². The fourth-order valence-corrected chi connectivity index (χ4v) is 3.24. The molecular weight excluding hydrogens is 368 g/mol. The molecule has 2 heterocycles. The Morgan fingerprint density at radius 1 is 1.17 bits per heavy atom. The van der Waals surface area contributed by atoms with Crippen molar-refractivity contribution in [2.75, 3.05) is 45.7 Å². The third kappa shape index (κ3) is 4.65. The number of anilines is 1. The van der Waals surface area contributed by atoms with E-state index in [-0.39, 0.29) is 11.5 Å². The minimum atomic E-state index is -0.250. The first kappa shape index (κ1) is 20.6. The van der Waals surface area contributed by atoms with Gasteiger partial charge in [-0.25, -0.2) is 4.98 Å². The number of H-pyrrole nitrogens is 1. The van der Waals surface area contributed by atoms with Gasteiger partial charge in [-0.2, -0.15) is 4.52 Å². The van der Waals surface area contributed by atoms with Crippen molar-refractivity contribution in [3.63, 3.8) is 0 Å². The Bertz CT molecular complexity index is 1040. The molecule has 0 radical (unpaired) electrons. The molecule has 3 aromatic rings. The highest BCUT2D eigenvalue weighted by atomic mass is 16.2. The minimum Gasteiger partial charge on any atom is -0.367 e. The molecule has 0 unspecified atom stereocenters. The van der Waals surface area contributed by atoms with E-state index in [1.54, 1.807) is 6.92 Å². The molecule has 0 aliphatic carbocycles. The van der Waals surface area contributed by atoms with E-state index in [0.29, 0.717) is 35.7 Å². The second-order valence-corrected chi connectivity index (χ2v) is 7.41. The number of rotatable bonds is 8. The fourth-order valence-electron chi connectivity index (χ4n) is 3.24. The molecular formula is C21H28N6O2. The fraction of sp³-hybridized carbons (Fsp3) is 0.381. The van der Waals surface area contributed by atoms with Crippen molar-refractivity contribution in [3.05, 3.63) is 63.7 Å². The van der Waals surface area contributed by atoms with Gasteiger partial charge in [0.05, 0.1) is 5.69 Å². The number of amides is 1. The Morgan fingerprint density at radius 3 is 2.59 bits per heavy atom. The highest BCUT2D eigenvalue weighted by molar-refractivity contribution is 5.99. The van der Waals surface area contributed by atoms with Crippen LogP contribution in [0.1, 0.15) is 21.6 Å². The summed E-state index contributed by atoms with van der Waals surface area (Å²) < 4.78 is 1.33. The quantitative estimate of drug-likeness (QED) is 0.600. The number of aryl methyl sites for hydroxylation is 1. The first-order chi connectivity index (χ1) is 13.9. The molecule has 0 fully saturated rings. The van der Waals surface area contributed by atoms with Gasteiger partial charge < -0.3 is 15.1 Å². The van der Waals surface area contributed by atoms with Gasteiger partial charge in [0.15, 0.2) is 5.65 Å². The predicted octanol–water partition coefficient (Wildman–Crippen LogP) is 1.30. The van der Waals surface area contributed by atoms with Gasteiger partial charge in [-0.05, 0) is 33.0 Å². The molecule has 2 aromatic heterocycles. The number of aromatic amines is 1. The molecule has 1 amide bonds.